The number of hydroxylamine groups is 1. The van der Waals surface area contributed by atoms with Gasteiger partial charge in [-0.2, -0.15) is 0 Å². The van der Waals surface area contributed by atoms with Gasteiger partial charge in [0, 0.05) is 0 Å². The number of benzene rings is 1. The summed E-state index contributed by atoms with van der Waals surface area (Å²) in [6.07, 6.45) is 0. The Morgan fingerprint density at radius 3 is 2.28 bits per heavy atom. The minimum atomic E-state index is -3.81. The second-order valence-corrected chi connectivity index (χ2v) is 6.28. The maximum atomic E-state index is 12.0. The van der Waals surface area contributed by atoms with Crippen LogP contribution in [0.3, 0.4) is 0 Å². The summed E-state index contributed by atoms with van der Waals surface area (Å²) < 4.78 is 23.9. The monoisotopic (exact) mass is 273 g/mol. The fourth-order valence-corrected chi connectivity index (χ4v) is 2.97. The Kier molecular flexibility index (Phi) is 4.10. The molecule has 0 saturated heterocycles. The molecule has 0 radical (unpaired) electrons. The molecule has 0 unspecified atom stereocenters. The number of hydrogen-bond acceptors (Lipinski definition) is 5. The first-order valence-corrected chi connectivity index (χ1v) is 6.80. The lowest BCUT2D eigenvalue weighted by molar-refractivity contribution is -0.144. The van der Waals surface area contributed by atoms with Gasteiger partial charge in [-0.05, 0) is 26.0 Å². The third-order valence-electron chi connectivity index (χ3n) is 2.44. The van der Waals surface area contributed by atoms with Crippen molar-refractivity contribution in [3.05, 3.63) is 29.8 Å². The van der Waals surface area contributed by atoms with Crippen LogP contribution in [0.2, 0.25) is 0 Å². The summed E-state index contributed by atoms with van der Waals surface area (Å²) in [4.78, 5) is 11.1. The number of sulfone groups is 1. The highest BCUT2D eigenvalue weighted by atomic mass is 32.2. The number of rotatable bonds is 4. The van der Waals surface area contributed by atoms with E-state index >= 15 is 0 Å². The fourth-order valence-electron chi connectivity index (χ4n) is 1.38. The van der Waals surface area contributed by atoms with Gasteiger partial charge in [0.25, 0.3) is 5.91 Å². The van der Waals surface area contributed by atoms with Gasteiger partial charge >= 0.3 is 0 Å². The SMILES string of the molecule is Cc1ccc(S(=O)(=O)C[C@@](C)(O)C(=O)NO)cc1. The summed E-state index contributed by atoms with van der Waals surface area (Å²) in [7, 11) is -3.81. The highest BCUT2D eigenvalue weighted by Crippen LogP contribution is 2.17. The Labute approximate surface area is 105 Å². The third kappa shape index (κ3) is 3.28. The van der Waals surface area contributed by atoms with Crippen LogP contribution >= 0.6 is 0 Å². The third-order valence-corrected chi connectivity index (χ3v) is 4.37. The lowest BCUT2D eigenvalue weighted by Gasteiger charge is -2.20. The number of aliphatic hydroxyl groups is 1. The number of aryl methyl sites for hydroxylation is 1. The van der Waals surface area contributed by atoms with Crippen molar-refractivity contribution < 1.29 is 23.5 Å². The van der Waals surface area contributed by atoms with Gasteiger partial charge in [0.05, 0.1) is 10.6 Å². The van der Waals surface area contributed by atoms with E-state index in [1.54, 1.807) is 12.1 Å². The molecule has 1 rings (SSSR count). The van der Waals surface area contributed by atoms with Gasteiger partial charge < -0.3 is 5.11 Å². The second kappa shape index (κ2) is 5.05. The Morgan fingerprint density at radius 2 is 1.83 bits per heavy atom. The van der Waals surface area contributed by atoms with Crippen molar-refractivity contribution in [2.75, 3.05) is 5.75 Å². The van der Waals surface area contributed by atoms with E-state index in [0.717, 1.165) is 12.5 Å². The molecule has 18 heavy (non-hydrogen) atoms. The van der Waals surface area contributed by atoms with Crippen molar-refractivity contribution in [1.29, 1.82) is 0 Å². The molecule has 0 aliphatic carbocycles. The van der Waals surface area contributed by atoms with Crippen molar-refractivity contribution >= 4 is 15.7 Å². The van der Waals surface area contributed by atoms with Crippen LogP contribution < -0.4 is 5.48 Å². The molecular formula is C11H15NO5S. The predicted molar refractivity (Wildman–Crippen MR) is 63.8 cm³/mol. The van der Waals surface area contributed by atoms with Gasteiger partial charge in [0.2, 0.25) is 0 Å². The average molecular weight is 273 g/mol. The first-order valence-electron chi connectivity index (χ1n) is 5.15. The zero-order valence-electron chi connectivity index (χ0n) is 10.0. The zero-order chi connectivity index (χ0) is 14.0. The van der Waals surface area contributed by atoms with Crippen molar-refractivity contribution in [2.24, 2.45) is 0 Å². The van der Waals surface area contributed by atoms with E-state index in [4.69, 9.17) is 5.21 Å². The minimum absolute atomic E-state index is 0.0131. The van der Waals surface area contributed by atoms with Crippen LogP contribution in [-0.2, 0) is 14.6 Å². The van der Waals surface area contributed by atoms with Crippen LogP contribution in [0, 0.1) is 6.92 Å². The van der Waals surface area contributed by atoms with Crippen LogP contribution in [0.15, 0.2) is 29.2 Å². The predicted octanol–water partition coefficient (Wildman–Crippen LogP) is 0.0251. The van der Waals surface area contributed by atoms with Gasteiger partial charge in [0.1, 0.15) is 0 Å². The number of carbonyl (C=O) groups is 1. The molecule has 1 aromatic rings. The number of nitrogens with one attached hydrogen (secondary N) is 1. The molecule has 0 bridgehead atoms. The Bertz CT molecular complexity index is 533. The minimum Gasteiger partial charge on any atom is -0.379 e. The second-order valence-electron chi connectivity index (χ2n) is 4.29. The summed E-state index contributed by atoms with van der Waals surface area (Å²) in [5.41, 5.74) is -0.0639. The first-order chi connectivity index (χ1) is 8.19. The highest BCUT2D eigenvalue weighted by Gasteiger charge is 2.36. The van der Waals surface area contributed by atoms with Crippen LogP contribution in [-0.4, -0.2) is 36.0 Å². The molecule has 1 aromatic carbocycles. The van der Waals surface area contributed by atoms with E-state index in [9.17, 15) is 18.3 Å². The molecule has 0 fully saturated rings. The van der Waals surface area contributed by atoms with E-state index in [2.05, 4.69) is 0 Å². The van der Waals surface area contributed by atoms with Crippen molar-refractivity contribution in [2.45, 2.75) is 24.3 Å². The molecule has 0 aromatic heterocycles. The smallest absolute Gasteiger partial charge is 0.276 e. The molecule has 1 atom stereocenters. The van der Waals surface area contributed by atoms with Gasteiger partial charge in [-0.25, -0.2) is 13.9 Å². The molecule has 100 valence electrons. The summed E-state index contributed by atoms with van der Waals surface area (Å²) >= 11 is 0. The van der Waals surface area contributed by atoms with Crippen LogP contribution in [0.1, 0.15) is 12.5 Å². The van der Waals surface area contributed by atoms with Gasteiger partial charge in [-0.15, -0.1) is 0 Å². The van der Waals surface area contributed by atoms with E-state index in [-0.39, 0.29) is 4.90 Å². The quantitative estimate of drug-likeness (QED) is 0.530. The number of carbonyl (C=O) groups excluding carboxylic acids is 1. The Balaban J connectivity index is 3.02. The molecule has 0 saturated carbocycles. The van der Waals surface area contributed by atoms with E-state index in [1.807, 2.05) is 6.92 Å². The van der Waals surface area contributed by atoms with E-state index in [0.29, 0.717) is 0 Å². The summed E-state index contributed by atoms with van der Waals surface area (Å²) in [6, 6.07) is 6.04. The lowest BCUT2D eigenvalue weighted by atomic mass is 10.1. The molecule has 0 aliphatic rings. The normalized spacial score (nSPS) is 14.9. The lowest BCUT2D eigenvalue weighted by Crippen LogP contribution is -2.48. The average Bonchev–Trinajstić information content (AvgIpc) is 2.27. The highest BCUT2D eigenvalue weighted by molar-refractivity contribution is 7.91. The van der Waals surface area contributed by atoms with Crippen molar-refractivity contribution in [3.63, 3.8) is 0 Å². The largest absolute Gasteiger partial charge is 0.379 e. The van der Waals surface area contributed by atoms with Crippen molar-refractivity contribution in [3.8, 4) is 0 Å². The molecular weight excluding hydrogens is 258 g/mol. The van der Waals surface area contributed by atoms with Crippen LogP contribution in [0.5, 0.6) is 0 Å². The summed E-state index contributed by atoms with van der Waals surface area (Å²) in [5, 5.41) is 18.1. The standard InChI is InChI=1S/C11H15NO5S/c1-8-3-5-9(6-4-8)18(16,17)7-11(2,14)10(13)12-15/h3-6,14-15H,7H2,1-2H3,(H,12,13)/t11-/m1/s1. The first kappa shape index (κ1) is 14.6. The molecule has 0 heterocycles. The Morgan fingerprint density at radius 1 is 1.33 bits per heavy atom. The number of hydrogen-bond donors (Lipinski definition) is 3. The molecule has 0 spiro atoms. The maximum absolute atomic E-state index is 12.0. The van der Waals surface area contributed by atoms with Crippen molar-refractivity contribution in [1.82, 2.24) is 5.48 Å². The van der Waals surface area contributed by atoms with E-state index in [1.165, 1.54) is 17.6 Å². The molecule has 3 N–H and O–H groups in total. The van der Waals surface area contributed by atoms with Crippen LogP contribution in [0.4, 0.5) is 0 Å². The summed E-state index contributed by atoms with van der Waals surface area (Å²) in [5.74, 6) is -1.98. The molecule has 6 nitrogen and oxygen atoms in total. The van der Waals surface area contributed by atoms with Gasteiger partial charge in [-0.1, -0.05) is 17.7 Å². The van der Waals surface area contributed by atoms with Crippen LogP contribution in [0.25, 0.3) is 0 Å². The van der Waals surface area contributed by atoms with E-state index < -0.39 is 27.1 Å². The van der Waals surface area contributed by atoms with Gasteiger partial charge in [-0.3, -0.25) is 10.0 Å². The molecule has 7 heteroatoms. The maximum Gasteiger partial charge on any atom is 0.276 e. The van der Waals surface area contributed by atoms with Gasteiger partial charge in [0.15, 0.2) is 15.4 Å². The summed E-state index contributed by atoms with van der Waals surface area (Å²) in [6.45, 7) is 2.83. The zero-order valence-corrected chi connectivity index (χ0v) is 10.9. The molecule has 1 amide bonds. The number of amides is 1. The molecule has 0 aliphatic heterocycles. The Hall–Kier alpha value is -1.44. The fraction of sp³-hybridized carbons (Fsp3) is 0.364. The topological polar surface area (TPSA) is 104 Å².